The fourth-order valence-electron chi connectivity index (χ4n) is 2.59. The molecule has 0 amide bonds. The molecule has 0 aliphatic carbocycles. The monoisotopic (exact) mass is 315 g/mol. The molecule has 8 heteroatoms. The standard InChI is InChI=1S/C15H9NO7/c17-9-5-15(20)6-10(18)22-12-8-4-2-1-3-7(8)11(21-9)13(16-12)23-14(15)19/h1-4,20H,5-6H2. The van der Waals surface area contributed by atoms with Crippen LogP contribution in [-0.2, 0) is 14.4 Å². The largest absolute Gasteiger partial charge is 0.420 e. The van der Waals surface area contributed by atoms with Gasteiger partial charge >= 0.3 is 17.9 Å². The van der Waals surface area contributed by atoms with Gasteiger partial charge in [0.1, 0.15) is 0 Å². The number of esters is 3. The Kier molecular flexibility index (Phi) is 2.67. The number of pyridine rings is 1. The lowest BCUT2D eigenvalue weighted by atomic mass is 9.95. The van der Waals surface area contributed by atoms with Crippen LogP contribution < -0.4 is 14.2 Å². The van der Waals surface area contributed by atoms with Crippen molar-refractivity contribution in [1.29, 1.82) is 0 Å². The molecule has 1 aromatic carbocycles. The molecule has 2 aliphatic rings. The van der Waals surface area contributed by atoms with Gasteiger partial charge in [-0.3, -0.25) is 9.59 Å². The zero-order valence-electron chi connectivity index (χ0n) is 11.6. The minimum Gasteiger partial charge on any atom is -0.420 e. The zero-order valence-corrected chi connectivity index (χ0v) is 11.6. The molecule has 0 saturated carbocycles. The maximum atomic E-state index is 12.2. The molecule has 3 bridgehead atoms. The molecule has 116 valence electrons. The highest BCUT2D eigenvalue weighted by Gasteiger charge is 2.47. The van der Waals surface area contributed by atoms with Crippen molar-refractivity contribution in [2.75, 3.05) is 0 Å². The molecule has 0 fully saturated rings. The van der Waals surface area contributed by atoms with E-state index in [0.717, 1.165) is 0 Å². The van der Waals surface area contributed by atoms with Gasteiger partial charge < -0.3 is 19.3 Å². The van der Waals surface area contributed by atoms with Crippen molar-refractivity contribution in [2.24, 2.45) is 0 Å². The van der Waals surface area contributed by atoms with Crippen LogP contribution in [0.15, 0.2) is 24.3 Å². The van der Waals surface area contributed by atoms with Gasteiger partial charge in [0.25, 0.3) is 5.88 Å². The summed E-state index contributed by atoms with van der Waals surface area (Å²) < 4.78 is 15.4. The van der Waals surface area contributed by atoms with E-state index in [0.29, 0.717) is 10.8 Å². The van der Waals surface area contributed by atoms with Crippen LogP contribution in [0.5, 0.6) is 17.5 Å². The smallest absolute Gasteiger partial charge is 0.346 e. The lowest BCUT2D eigenvalue weighted by molar-refractivity contribution is -0.168. The number of hydrogen-bond donors (Lipinski definition) is 1. The van der Waals surface area contributed by atoms with Crippen LogP contribution in [0.3, 0.4) is 0 Å². The van der Waals surface area contributed by atoms with Crippen molar-refractivity contribution >= 4 is 28.7 Å². The molecular formula is C15H9NO7. The predicted octanol–water partition coefficient (Wildman–Crippen LogP) is 0.489. The fourth-order valence-corrected chi connectivity index (χ4v) is 2.59. The summed E-state index contributed by atoms with van der Waals surface area (Å²) in [5.41, 5.74) is -2.35. The number of carbonyl (C=O) groups is 3. The van der Waals surface area contributed by atoms with Crippen molar-refractivity contribution in [1.82, 2.24) is 4.98 Å². The average Bonchev–Trinajstić information content (AvgIpc) is 2.50. The summed E-state index contributed by atoms with van der Waals surface area (Å²) >= 11 is 0. The number of benzene rings is 1. The molecule has 23 heavy (non-hydrogen) atoms. The van der Waals surface area contributed by atoms with Gasteiger partial charge in [-0.15, -0.1) is 0 Å². The summed E-state index contributed by atoms with van der Waals surface area (Å²) in [4.78, 5) is 40.2. The van der Waals surface area contributed by atoms with Crippen molar-refractivity contribution in [3.63, 3.8) is 0 Å². The van der Waals surface area contributed by atoms with E-state index in [-0.39, 0.29) is 17.5 Å². The minimum absolute atomic E-state index is 0.0531. The lowest BCUT2D eigenvalue weighted by Crippen LogP contribution is -2.47. The van der Waals surface area contributed by atoms with E-state index in [1.807, 2.05) is 0 Å². The van der Waals surface area contributed by atoms with Crippen LogP contribution in [0.4, 0.5) is 0 Å². The minimum atomic E-state index is -2.35. The van der Waals surface area contributed by atoms with Crippen molar-refractivity contribution < 1.29 is 33.7 Å². The molecule has 0 radical (unpaired) electrons. The van der Waals surface area contributed by atoms with Crippen LogP contribution in [0.2, 0.25) is 0 Å². The molecule has 1 aromatic heterocycles. The van der Waals surface area contributed by atoms with Gasteiger partial charge in [0.15, 0.2) is 5.60 Å². The average molecular weight is 315 g/mol. The highest BCUT2D eigenvalue weighted by Crippen LogP contribution is 2.42. The van der Waals surface area contributed by atoms with Crippen LogP contribution in [0.25, 0.3) is 10.8 Å². The highest BCUT2D eigenvalue weighted by molar-refractivity contribution is 6.00. The molecule has 1 atom stereocenters. The summed E-state index contributed by atoms with van der Waals surface area (Å²) in [6.07, 6.45) is -1.47. The number of rotatable bonds is 0. The maximum absolute atomic E-state index is 12.2. The third-order valence-corrected chi connectivity index (χ3v) is 3.67. The Morgan fingerprint density at radius 2 is 1.57 bits per heavy atom. The second kappa shape index (κ2) is 4.50. The van der Waals surface area contributed by atoms with E-state index in [1.54, 1.807) is 24.3 Å². The molecule has 1 N–H and O–H groups in total. The number of nitrogens with zero attached hydrogens (tertiary/aromatic N) is 1. The van der Waals surface area contributed by atoms with Crippen LogP contribution in [0.1, 0.15) is 12.8 Å². The fraction of sp³-hybridized carbons (Fsp3) is 0.200. The molecule has 8 nitrogen and oxygen atoms in total. The van der Waals surface area contributed by atoms with Gasteiger partial charge in [-0.25, -0.2) is 4.79 Å². The van der Waals surface area contributed by atoms with Gasteiger partial charge in [0, 0.05) is 10.8 Å². The number of aliphatic hydroxyl groups is 1. The second-order valence-electron chi connectivity index (χ2n) is 5.32. The molecule has 0 spiro atoms. The summed E-state index contributed by atoms with van der Waals surface area (Å²) in [5, 5.41) is 11.1. The molecule has 2 aromatic rings. The first-order valence-corrected chi connectivity index (χ1v) is 6.75. The normalized spacial score (nSPS) is 23.3. The Morgan fingerprint density at radius 1 is 0.913 bits per heavy atom. The number of ether oxygens (including phenoxy) is 3. The van der Waals surface area contributed by atoms with Gasteiger partial charge in [-0.1, -0.05) is 18.2 Å². The van der Waals surface area contributed by atoms with E-state index in [4.69, 9.17) is 14.2 Å². The molecule has 2 aliphatic heterocycles. The Labute approximate surface area is 128 Å². The first-order chi connectivity index (χ1) is 11.0. The summed E-state index contributed by atoms with van der Waals surface area (Å²) in [5.74, 6) is -3.40. The number of hydrogen-bond acceptors (Lipinski definition) is 8. The number of carbonyl (C=O) groups excluding carboxylic acids is 3. The van der Waals surface area contributed by atoms with E-state index in [9.17, 15) is 19.5 Å². The topological polar surface area (TPSA) is 112 Å². The third kappa shape index (κ3) is 2.03. The van der Waals surface area contributed by atoms with E-state index in [2.05, 4.69) is 4.98 Å². The Hall–Kier alpha value is -3.00. The second-order valence-corrected chi connectivity index (χ2v) is 5.32. The quantitative estimate of drug-likeness (QED) is 0.699. The van der Waals surface area contributed by atoms with E-state index in [1.165, 1.54) is 0 Å². The van der Waals surface area contributed by atoms with Crippen LogP contribution in [0, 0.1) is 0 Å². The molecular weight excluding hydrogens is 306 g/mol. The lowest BCUT2D eigenvalue weighted by Gasteiger charge is -2.25. The molecule has 3 heterocycles. The summed E-state index contributed by atoms with van der Waals surface area (Å²) in [7, 11) is 0. The van der Waals surface area contributed by atoms with Crippen molar-refractivity contribution in [3.05, 3.63) is 24.3 Å². The van der Waals surface area contributed by atoms with E-state index >= 15 is 0 Å². The first kappa shape index (κ1) is 13.6. The van der Waals surface area contributed by atoms with Gasteiger partial charge in [-0.05, 0) is 6.07 Å². The Bertz CT molecular complexity index is 891. The Morgan fingerprint density at radius 3 is 2.30 bits per heavy atom. The van der Waals surface area contributed by atoms with Gasteiger partial charge in [-0.2, -0.15) is 4.98 Å². The van der Waals surface area contributed by atoms with Crippen LogP contribution in [-0.4, -0.2) is 33.6 Å². The van der Waals surface area contributed by atoms with E-state index < -0.39 is 36.4 Å². The zero-order chi connectivity index (χ0) is 16.2. The predicted molar refractivity (Wildman–Crippen MR) is 72.8 cm³/mol. The molecule has 4 rings (SSSR count). The van der Waals surface area contributed by atoms with Gasteiger partial charge in [0.2, 0.25) is 11.6 Å². The maximum Gasteiger partial charge on any atom is 0.346 e. The SMILES string of the molecule is O=C1CC2(O)CC(=O)Oc3c(nc(c4ccccc34)O1)OC2=O. The van der Waals surface area contributed by atoms with Gasteiger partial charge in [0.05, 0.1) is 12.8 Å². The first-order valence-electron chi connectivity index (χ1n) is 6.75. The number of fused-ring (bicyclic) bond motifs is 6. The highest BCUT2D eigenvalue weighted by atomic mass is 16.6. The van der Waals surface area contributed by atoms with Crippen molar-refractivity contribution in [2.45, 2.75) is 18.4 Å². The Balaban J connectivity index is 2.09. The van der Waals surface area contributed by atoms with Crippen molar-refractivity contribution in [3.8, 4) is 17.5 Å². The molecule has 0 saturated heterocycles. The summed E-state index contributed by atoms with van der Waals surface area (Å²) in [6, 6.07) is 6.60. The molecule has 1 unspecified atom stereocenters. The third-order valence-electron chi connectivity index (χ3n) is 3.67. The summed E-state index contributed by atoms with van der Waals surface area (Å²) in [6.45, 7) is 0. The number of aromatic nitrogens is 1. The van der Waals surface area contributed by atoms with Crippen LogP contribution >= 0.6 is 0 Å².